The molecule has 2 atom stereocenters. The van der Waals surface area contributed by atoms with Gasteiger partial charge in [-0.1, -0.05) is 5.10 Å². The van der Waals surface area contributed by atoms with Gasteiger partial charge in [0.25, 0.3) is 0 Å². The molecule has 0 aliphatic rings. The van der Waals surface area contributed by atoms with Gasteiger partial charge in [0.05, 0.1) is 0 Å². The summed E-state index contributed by atoms with van der Waals surface area (Å²) in [6, 6.07) is -0.164. The molecule has 0 saturated carbocycles. The zero-order valence-electron chi connectivity index (χ0n) is 10.3. The molecule has 2 unspecified atom stereocenters. The van der Waals surface area contributed by atoms with Crippen molar-refractivity contribution in [3.63, 3.8) is 0 Å². The molecular formula is C10H17ClN4O2. The Balaban J connectivity index is 2.55. The molecule has 2 N–H and O–H groups in total. The molecular weight excluding hydrogens is 244 g/mol. The number of anilines is 1. The van der Waals surface area contributed by atoms with Crippen LogP contribution >= 0.6 is 11.6 Å². The van der Waals surface area contributed by atoms with E-state index in [0.717, 1.165) is 0 Å². The third kappa shape index (κ3) is 4.22. The predicted octanol–water partition coefficient (Wildman–Crippen LogP) is 1.69. The van der Waals surface area contributed by atoms with Gasteiger partial charge in [0.2, 0.25) is 11.8 Å². The standard InChI is InChI=1S/C10H17ClN4O2/c1-5(2)12-8(16)7(4)13-10-15-14-9(17-10)6(3)11/h5-7H,1-4H3,(H,12,16)(H,13,15). The molecule has 0 bridgehead atoms. The van der Waals surface area contributed by atoms with Crippen LogP contribution in [0, 0.1) is 0 Å². The summed E-state index contributed by atoms with van der Waals surface area (Å²) in [6.07, 6.45) is 0. The molecule has 0 spiro atoms. The van der Waals surface area contributed by atoms with Crippen molar-refractivity contribution in [1.29, 1.82) is 0 Å². The quantitative estimate of drug-likeness (QED) is 0.788. The van der Waals surface area contributed by atoms with Gasteiger partial charge in [0.15, 0.2) is 0 Å². The fraction of sp³-hybridized carbons (Fsp3) is 0.700. The zero-order valence-corrected chi connectivity index (χ0v) is 11.1. The smallest absolute Gasteiger partial charge is 0.316 e. The van der Waals surface area contributed by atoms with Crippen LogP contribution in [0.3, 0.4) is 0 Å². The summed E-state index contributed by atoms with van der Waals surface area (Å²) < 4.78 is 5.23. The summed E-state index contributed by atoms with van der Waals surface area (Å²) in [5.74, 6) is 0.198. The number of hydrogen-bond acceptors (Lipinski definition) is 5. The van der Waals surface area contributed by atoms with Crippen molar-refractivity contribution in [3.8, 4) is 0 Å². The summed E-state index contributed by atoms with van der Waals surface area (Å²) in [4.78, 5) is 11.6. The molecule has 0 saturated heterocycles. The molecule has 1 amide bonds. The molecule has 17 heavy (non-hydrogen) atoms. The Hall–Kier alpha value is -1.30. The van der Waals surface area contributed by atoms with E-state index in [1.54, 1.807) is 13.8 Å². The number of rotatable bonds is 5. The van der Waals surface area contributed by atoms with Gasteiger partial charge in [-0.15, -0.1) is 16.7 Å². The SMILES string of the molecule is CC(C)NC(=O)C(C)Nc1nnc(C(C)Cl)o1. The van der Waals surface area contributed by atoms with E-state index in [0.29, 0.717) is 5.89 Å². The lowest BCUT2D eigenvalue weighted by molar-refractivity contribution is -0.122. The number of alkyl halides is 1. The Kier molecular flexibility index (Phi) is 4.74. The fourth-order valence-electron chi connectivity index (χ4n) is 1.11. The molecule has 0 fully saturated rings. The van der Waals surface area contributed by atoms with Crippen molar-refractivity contribution in [2.24, 2.45) is 0 Å². The minimum Gasteiger partial charge on any atom is -0.406 e. The Labute approximate surface area is 105 Å². The lowest BCUT2D eigenvalue weighted by Crippen LogP contribution is -2.41. The first-order valence-corrected chi connectivity index (χ1v) is 5.88. The van der Waals surface area contributed by atoms with Gasteiger partial charge in [0, 0.05) is 6.04 Å². The van der Waals surface area contributed by atoms with Crippen molar-refractivity contribution in [2.45, 2.75) is 45.2 Å². The van der Waals surface area contributed by atoms with Crippen molar-refractivity contribution in [1.82, 2.24) is 15.5 Å². The number of amides is 1. The fourth-order valence-corrected chi connectivity index (χ4v) is 1.20. The molecule has 6 nitrogen and oxygen atoms in total. The van der Waals surface area contributed by atoms with Crippen LogP contribution in [-0.4, -0.2) is 28.2 Å². The largest absolute Gasteiger partial charge is 0.406 e. The number of aromatic nitrogens is 2. The normalized spacial score (nSPS) is 14.5. The maximum absolute atomic E-state index is 11.6. The first-order chi connectivity index (χ1) is 7.90. The van der Waals surface area contributed by atoms with Crippen molar-refractivity contribution in [2.75, 3.05) is 5.32 Å². The van der Waals surface area contributed by atoms with Crippen LogP contribution < -0.4 is 10.6 Å². The lowest BCUT2D eigenvalue weighted by Gasteiger charge is -2.14. The van der Waals surface area contributed by atoms with E-state index < -0.39 is 6.04 Å². The van der Waals surface area contributed by atoms with Gasteiger partial charge in [-0.25, -0.2) is 0 Å². The van der Waals surface area contributed by atoms with E-state index in [1.165, 1.54) is 0 Å². The van der Waals surface area contributed by atoms with Crippen molar-refractivity contribution >= 4 is 23.5 Å². The number of carbonyl (C=O) groups excluding carboxylic acids is 1. The monoisotopic (exact) mass is 260 g/mol. The van der Waals surface area contributed by atoms with Gasteiger partial charge < -0.3 is 15.1 Å². The highest BCUT2D eigenvalue weighted by Gasteiger charge is 2.17. The van der Waals surface area contributed by atoms with Gasteiger partial charge >= 0.3 is 6.01 Å². The second-order valence-electron chi connectivity index (χ2n) is 4.09. The predicted molar refractivity (Wildman–Crippen MR) is 64.9 cm³/mol. The molecule has 96 valence electrons. The van der Waals surface area contributed by atoms with Gasteiger partial charge in [-0.2, -0.15) is 0 Å². The Morgan fingerprint density at radius 3 is 2.41 bits per heavy atom. The minimum atomic E-state index is -0.448. The molecule has 0 aromatic carbocycles. The number of carbonyl (C=O) groups is 1. The van der Waals surface area contributed by atoms with E-state index in [-0.39, 0.29) is 23.3 Å². The van der Waals surface area contributed by atoms with Gasteiger partial charge in [0.1, 0.15) is 11.4 Å². The molecule has 0 aliphatic heterocycles. The number of nitrogens with zero attached hydrogens (tertiary/aromatic N) is 2. The number of hydrogen-bond donors (Lipinski definition) is 2. The molecule has 0 radical (unpaired) electrons. The molecule has 1 heterocycles. The second-order valence-corrected chi connectivity index (χ2v) is 4.75. The lowest BCUT2D eigenvalue weighted by atomic mass is 10.3. The first-order valence-electron chi connectivity index (χ1n) is 5.44. The van der Waals surface area contributed by atoms with Crippen LogP contribution in [0.2, 0.25) is 0 Å². The summed E-state index contributed by atoms with van der Waals surface area (Å²) in [5, 5.41) is 12.7. The van der Waals surface area contributed by atoms with Crippen molar-refractivity contribution < 1.29 is 9.21 Å². The van der Waals surface area contributed by atoms with Crippen LogP contribution in [0.15, 0.2) is 4.42 Å². The highest BCUT2D eigenvalue weighted by atomic mass is 35.5. The third-order valence-corrected chi connectivity index (χ3v) is 2.13. The Bertz CT molecular complexity index is 378. The van der Waals surface area contributed by atoms with E-state index in [4.69, 9.17) is 16.0 Å². The summed E-state index contributed by atoms with van der Waals surface area (Å²) in [7, 11) is 0. The van der Waals surface area contributed by atoms with Crippen LogP contribution in [0.25, 0.3) is 0 Å². The molecule has 1 aromatic rings. The Morgan fingerprint density at radius 2 is 1.94 bits per heavy atom. The van der Waals surface area contributed by atoms with Crippen LogP contribution in [0.5, 0.6) is 0 Å². The van der Waals surface area contributed by atoms with Gasteiger partial charge in [-0.3, -0.25) is 4.79 Å². The first kappa shape index (κ1) is 13.8. The number of nitrogens with one attached hydrogen (secondary N) is 2. The average molecular weight is 261 g/mol. The summed E-state index contributed by atoms with van der Waals surface area (Å²) in [6.45, 7) is 7.23. The minimum absolute atomic E-state index is 0.0906. The summed E-state index contributed by atoms with van der Waals surface area (Å²) in [5.41, 5.74) is 0. The maximum atomic E-state index is 11.6. The van der Waals surface area contributed by atoms with Crippen LogP contribution in [0.1, 0.15) is 39.0 Å². The highest BCUT2D eigenvalue weighted by Crippen LogP contribution is 2.19. The highest BCUT2D eigenvalue weighted by molar-refractivity contribution is 6.20. The molecule has 7 heteroatoms. The molecule has 1 aromatic heterocycles. The zero-order chi connectivity index (χ0) is 13.0. The number of halogens is 1. The average Bonchev–Trinajstić information content (AvgIpc) is 2.65. The van der Waals surface area contributed by atoms with E-state index >= 15 is 0 Å². The maximum Gasteiger partial charge on any atom is 0.316 e. The van der Waals surface area contributed by atoms with E-state index in [2.05, 4.69) is 20.8 Å². The third-order valence-electron chi connectivity index (χ3n) is 1.95. The Morgan fingerprint density at radius 1 is 1.29 bits per heavy atom. The van der Waals surface area contributed by atoms with Crippen LogP contribution in [-0.2, 0) is 4.79 Å². The van der Waals surface area contributed by atoms with Crippen molar-refractivity contribution in [3.05, 3.63) is 5.89 Å². The second kappa shape index (κ2) is 5.86. The van der Waals surface area contributed by atoms with Crippen LogP contribution in [0.4, 0.5) is 6.01 Å². The molecule has 0 aliphatic carbocycles. The summed E-state index contributed by atoms with van der Waals surface area (Å²) >= 11 is 5.78. The molecule has 1 rings (SSSR count). The van der Waals surface area contributed by atoms with Gasteiger partial charge in [-0.05, 0) is 27.7 Å². The van der Waals surface area contributed by atoms with E-state index in [9.17, 15) is 4.79 Å². The topological polar surface area (TPSA) is 80.0 Å². The van der Waals surface area contributed by atoms with E-state index in [1.807, 2.05) is 13.8 Å².